The van der Waals surface area contributed by atoms with Crippen LogP contribution in [0.2, 0.25) is 0 Å². The number of nitro groups is 1. The summed E-state index contributed by atoms with van der Waals surface area (Å²) in [6, 6.07) is 9.53. The molecule has 1 heterocycles. The van der Waals surface area contributed by atoms with Crippen molar-refractivity contribution < 1.29 is 14.5 Å². The molecule has 110 valence electrons. The maximum atomic E-state index is 11.9. The zero-order valence-electron chi connectivity index (χ0n) is 10.9. The molecular weight excluding hydrogens is 294 g/mol. The van der Waals surface area contributed by atoms with Crippen molar-refractivity contribution in [1.82, 2.24) is 0 Å². The van der Waals surface area contributed by atoms with Crippen LogP contribution in [0.1, 0.15) is 9.67 Å². The van der Waals surface area contributed by atoms with Gasteiger partial charge in [-0.2, -0.15) is 0 Å². The highest BCUT2D eigenvalue weighted by Crippen LogP contribution is 2.25. The summed E-state index contributed by atoms with van der Waals surface area (Å²) in [5.74, 6) is 0.272. The number of thiophene rings is 1. The molecule has 0 aliphatic rings. The summed E-state index contributed by atoms with van der Waals surface area (Å²) >= 11 is 0.833. The minimum Gasteiger partial charge on any atom is -0.492 e. The van der Waals surface area contributed by atoms with Crippen molar-refractivity contribution in [3.63, 3.8) is 0 Å². The van der Waals surface area contributed by atoms with E-state index in [-0.39, 0.29) is 15.8 Å². The summed E-state index contributed by atoms with van der Waals surface area (Å²) in [5.41, 5.74) is 5.91. The van der Waals surface area contributed by atoms with Gasteiger partial charge in [-0.1, -0.05) is 11.3 Å². The molecule has 1 aromatic carbocycles. The zero-order valence-corrected chi connectivity index (χ0v) is 11.8. The van der Waals surface area contributed by atoms with Crippen LogP contribution in [0, 0.1) is 10.1 Å². The monoisotopic (exact) mass is 307 g/mol. The van der Waals surface area contributed by atoms with E-state index < -0.39 is 4.92 Å². The number of carbonyl (C=O) groups excluding carboxylic acids is 1. The largest absolute Gasteiger partial charge is 0.492 e. The number of nitrogens with two attached hydrogens (primary N) is 1. The third kappa shape index (κ3) is 4.01. The molecule has 3 N–H and O–H groups in total. The van der Waals surface area contributed by atoms with Crippen LogP contribution in [-0.4, -0.2) is 24.0 Å². The molecule has 0 atom stereocenters. The van der Waals surface area contributed by atoms with Gasteiger partial charge in [0, 0.05) is 18.3 Å². The lowest BCUT2D eigenvalue weighted by Gasteiger charge is -2.06. The molecule has 2 aromatic rings. The lowest BCUT2D eigenvalue weighted by atomic mass is 10.3. The Bertz CT molecular complexity index is 639. The van der Waals surface area contributed by atoms with Crippen LogP contribution in [0.15, 0.2) is 36.4 Å². The van der Waals surface area contributed by atoms with Crippen LogP contribution in [0.3, 0.4) is 0 Å². The second-order valence-electron chi connectivity index (χ2n) is 4.01. The first-order valence-corrected chi connectivity index (χ1v) is 6.90. The number of nitrogens with one attached hydrogen (secondary N) is 1. The highest BCUT2D eigenvalue weighted by Gasteiger charge is 2.15. The molecule has 0 saturated carbocycles. The lowest BCUT2D eigenvalue weighted by molar-refractivity contribution is -0.380. The van der Waals surface area contributed by atoms with Crippen molar-refractivity contribution in [2.45, 2.75) is 0 Å². The Morgan fingerprint density at radius 3 is 2.57 bits per heavy atom. The van der Waals surface area contributed by atoms with E-state index in [0.717, 1.165) is 11.3 Å². The summed E-state index contributed by atoms with van der Waals surface area (Å²) in [7, 11) is 0. The van der Waals surface area contributed by atoms with Gasteiger partial charge in [0.25, 0.3) is 5.91 Å². The van der Waals surface area contributed by atoms with Crippen molar-refractivity contribution in [3.8, 4) is 5.75 Å². The fourth-order valence-corrected chi connectivity index (χ4v) is 2.27. The molecule has 0 aliphatic heterocycles. The third-order valence-electron chi connectivity index (χ3n) is 2.49. The summed E-state index contributed by atoms with van der Waals surface area (Å²) in [5, 5.41) is 13.2. The van der Waals surface area contributed by atoms with Gasteiger partial charge < -0.3 is 15.8 Å². The minimum atomic E-state index is -0.523. The molecule has 8 heteroatoms. The molecular formula is C13H13N3O4S. The number of carbonyl (C=O) groups is 1. The third-order valence-corrected chi connectivity index (χ3v) is 3.53. The molecule has 7 nitrogen and oxygen atoms in total. The SMILES string of the molecule is NCCOc1ccc(NC(=O)c2ccc([N+](=O)[O-])s2)cc1. The number of rotatable bonds is 6. The summed E-state index contributed by atoms with van der Waals surface area (Å²) in [4.78, 5) is 22.3. The Labute approximate surface area is 124 Å². The maximum absolute atomic E-state index is 11.9. The fourth-order valence-electron chi connectivity index (χ4n) is 1.55. The van der Waals surface area contributed by atoms with Gasteiger partial charge in [0.2, 0.25) is 0 Å². The van der Waals surface area contributed by atoms with Gasteiger partial charge in [-0.25, -0.2) is 0 Å². The molecule has 0 spiro atoms. The second kappa shape index (κ2) is 6.82. The number of hydrogen-bond acceptors (Lipinski definition) is 6. The first-order chi connectivity index (χ1) is 10.1. The van der Waals surface area contributed by atoms with Crippen molar-refractivity contribution >= 4 is 27.9 Å². The van der Waals surface area contributed by atoms with E-state index in [1.807, 2.05) is 0 Å². The highest BCUT2D eigenvalue weighted by molar-refractivity contribution is 7.17. The molecule has 1 amide bonds. The van der Waals surface area contributed by atoms with E-state index in [4.69, 9.17) is 10.5 Å². The van der Waals surface area contributed by atoms with E-state index in [1.165, 1.54) is 12.1 Å². The minimum absolute atomic E-state index is 0.0642. The summed E-state index contributed by atoms with van der Waals surface area (Å²) in [6.07, 6.45) is 0. The Morgan fingerprint density at radius 2 is 2.00 bits per heavy atom. The summed E-state index contributed by atoms with van der Waals surface area (Å²) < 4.78 is 5.32. The smallest absolute Gasteiger partial charge is 0.324 e. The van der Waals surface area contributed by atoms with Crippen molar-refractivity contribution in [3.05, 3.63) is 51.4 Å². The van der Waals surface area contributed by atoms with E-state index in [9.17, 15) is 14.9 Å². The molecule has 0 unspecified atom stereocenters. The van der Waals surface area contributed by atoms with Crippen LogP contribution in [0.5, 0.6) is 5.75 Å². The lowest BCUT2D eigenvalue weighted by Crippen LogP contribution is -2.11. The van der Waals surface area contributed by atoms with E-state index in [1.54, 1.807) is 24.3 Å². The number of hydrogen-bond donors (Lipinski definition) is 2. The molecule has 21 heavy (non-hydrogen) atoms. The number of amides is 1. The average molecular weight is 307 g/mol. The van der Waals surface area contributed by atoms with Crippen LogP contribution in [-0.2, 0) is 0 Å². The van der Waals surface area contributed by atoms with Crippen molar-refractivity contribution in [1.29, 1.82) is 0 Å². The predicted octanol–water partition coefficient (Wildman–Crippen LogP) is 2.25. The van der Waals surface area contributed by atoms with Crippen LogP contribution in [0.25, 0.3) is 0 Å². The maximum Gasteiger partial charge on any atom is 0.324 e. The van der Waals surface area contributed by atoms with Crippen LogP contribution in [0.4, 0.5) is 10.7 Å². The van der Waals surface area contributed by atoms with Gasteiger partial charge in [0.1, 0.15) is 12.4 Å². The van der Waals surface area contributed by atoms with E-state index in [0.29, 0.717) is 24.6 Å². The van der Waals surface area contributed by atoms with E-state index >= 15 is 0 Å². The zero-order chi connectivity index (χ0) is 15.2. The van der Waals surface area contributed by atoms with Gasteiger partial charge >= 0.3 is 5.00 Å². The summed E-state index contributed by atoms with van der Waals surface area (Å²) in [6.45, 7) is 0.847. The van der Waals surface area contributed by atoms with Gasteiger partial charge in [-0.05, 0) is 30.3 Å². The van der Waals surface area contributed by atoms with Gasteiger partial charge in [-0.15, -0.1) is 0 Å². The Hall–Kier alpha value is -2.45. The van der Waals surface area contributed by atoms with Gasteiger partial charge in [0.15, 0.2) is 0 Å². The molecule has 0 fully saturated rings. The topological polar surface area (TPSA) is 107 Å². The number of anilines is 1. The van der Waals surface area contributed by atoms with Gasteiger partial charge in [-0.3, -0.25) is 14.9 Å². The molecule has 0 bridgehead atoms. The average Bonchev–Trinajstić information content (AvgIpc) is 2.97. The van der Waals surface area contributed by atoms with Crippen LogP contribution < -0.4 is 15.8 Å². The molecule has 0 saturated heterocycles. The first kappa shape index (κ1) is 14.9. The Morgan fingerprint density at radius 1 is 1.29 bits per heavy atom. The van der Waals surface area contributed by atoms with E-state index in [2.05, 4.69) is 5.32 Å². The highest BCUT2D eigenvalue weighted by atomic mass is 32.1. The van der Waals surface area contributed by atoms with Gasteiger partial charge in [0.05, 0.1) is 9.80 Å². The molecule has 0 aliphatic carbocycles. The number of benzene rings is 1. The van der Waals surface area contributed by atoms with Crippen molar-refractivity contribution in [2.75, 3.05) is 18.5 Å². The predicted molar refractivity (Wildman–Crippen MR) is 79.9 cm³/mol. The Balaban J connectivity index is 2.00. The molecule has 0 radical (unpaired) electrons. The second-order valence-corrected chi connectivity index (χ2v) is 5.07. The van der Waals surface area contributed by atoms with Crippen molar-refractivity contribution in [2.24, 2.45) is 5.73 Å². The number of ether oxygens (including phenoxy) is 1. The standard InChI is InChI=1S/C13H13N3O4S/c14-7-8-20-10-3-1-9(2-4-10)15-13(17)11-5-6-12(21-11)16(18)19/h1-6H,7-8,14H2,(H,15,17). The fraction of sp³-hybridized carbons (Fsp3) is 0.154. The number of nitrogens with zero attached hydrogens (tertiary/aromatic N) is 1. The Kier molecular flexibility index (Phi) is 4.85. The quantitative estimate of drug-likeness (QED) is 0.628. The molecule has 2 rings (SSSR count). The molecule has 1 aromatic heterocycles. The van der Waals surface area contributed by atoms with Crippen LogP contribution >= 0.6 is 11.3 Å². The first-order valence-electron chi connectivity index (χ1n) is 6.08. The normalized spacial score (nSPS) is 10.1.